The average Bonchev–Trinajstić information content (AvgIpc) is 2.93. The monoisotopic (exact) mass is 516 g/mol. The van der Waals surface area contributed by atoms with Crippen LogP contribution in [0.3, 0.4) is 0 Å². The minimum absolute atomic E-state index is 0.0962. The summed E-state index contributed by atoms with van der Waals surface area (Å²) in [5.74, 6) is 1.60. The number of ether oxygens (including phenoxy) is 2. The maximum absolute atomic E-state index is 11.5. The highest BCUT2D eigenvalue weighted by atomic mass is 16.5. The van der Waals surface area contributed by atoms with E-state index in [2.05, 4.69) is 19.8 Å². The van der Waals surface area contributed by atoms with Crippen molar-refractivity contribution in [3.8, 4) is 11.5 Å². The lowest BCUT2D eigenvalue weighted by Crippen LogP contribution is -2.46. The molecule has 0 radical (unpaired) electrons. The number of hydrogen-bond acceptors (Lipinski definition) is 6. The molecule has 2 aromatic carbocycles. The Balaban J connectivity index is 0.915. The molecule has 0 unspecified atom stereocenters. The number of aromatic nitrogens is 2. The third-order valence-electron chi connectivity index (χ3n) is 7.13. The van der Waals surface area contributed by atoms with E-state index in [9.17, 15) is 9.59 Å². The Morgan fingerprint density at radius 3 is 1.45 bits per heavy atom. The molecule has 4 aromatic rings. The second-order valence-electron chi connectivity index (χ2n) is 9.94. The first-order valence-electron chi connectivity index (χ1n) is 13.6. The van der Waals surface area contributed by atoms with Gasteiger partial charge in [-0.05, 0) is 85.9 Å². The molecule has 1 saturated heterocycles. The van der Waals surface area contributed by atoms with Crippen molar-refractivity contribution in [2.75, 3.05) is 52.5 Å². The first-order chi connectivity index (χ1) is 18.6. The summed E-state index contributed by atoms with van der Waals surface area (Å²) in [6.45, 7) is 8.04. The molecule has 1 aliphatic rings. The quantitative estimate of drug-likeness (QED) is 0.277. The van der Waals surface area contributed by atoms with E-state index in [4.69, 9.17) is 9.47 Å². The SMILES string of the molecule is O=c1ccc2ccc(OCCCCN3CCN(CCCCOc4ccc5ccc(=O)[nH]c5c4)CC3)cc2[nH]1. The van der Waals surface area contributed by atoms with Crippen molar-refractivity contribution in [3.63, 3.8) is 0 Å². The molecule has 0 bridgehead atoms. The normalized spacial score (nSPS) is 14.7. The highest BCUT2D eigenvalue weighted by molar-refractivity contribution is 5.80. The summed E-state index contributed by atoms with van der Waals surface area (Å²) in [6.07, 6.45) is 4.25. The lowest BCUT2D eigenvalue weighted by Gasteiger charge is -2.34. The van der Waals surface area contributed by atoms with Gasteiger partial charge in [0.15, 0.2) is 0 Å². The number of nitrogens with one attached hydrogen (secondary N) is 2. The molecule has 0 saturated carbocycles. The Labute approximate surface area is 222 Å². The van der Waals surface area contributed by atoms with Gasteiger partial charge in [-0.2, -0.15) is 0 Å². The van der Waals surface area contributed by atoms with E-state index in [-0.39, 0.29) is 11.1 Å². The van der Waals surface area contributed by atoms with Gasteiger partial charge in [0.25, 0.3) is 0 Å². The van der Waals surface area contributed by atoms with Gasteiger partial charge in [-0.25, -0.2) is 0 Å². The van der Waals surface area contributed by atoms with Crippen LogP contribution in [0.1, 0.15) is 25.7 Å². The highest BCUT2D eigenvalue weighted by Gasteiger charge is 2.15. The molecule has 0 amide bonds. The van der Waals surface area contributed by atoms with Crippen molar-refractivity contribution in [1.29, 1.82) is 0 Å². The summed E-state index contributed by atoms with van der Waals surface area (Å²) in [5.41, 5.74) is 1.43. The fourth-order valence-electron chi connectivity index (χ4n) is 4.93. The van der Waals surface area contributed by atoms with Gasteiger partial charge in [0.1, 0.15) is 11.5 Å². The van der Waals surface area contributed by atoms with Crippen LogP contribution in [0.2, 0.25) is 0 Å². The van der Waals surface area contributed by atoms with Gasteiger partial charge in [-0.3, -0.25) is 9.59 Å². The molecule has 2 aromatic heterocycles. The van der Waals surface area contributed by atoms with E-state index in [0.29, 0.717) is 13.2 Å². The second-order valence-corrected chi connectivity index (χ2v) is 9.94. The molecule has 5 rings (SSSR count). The van der Waals surface area contributed by atoms with Gasteiger partial charge < -0.3 is 29.2 Å². The van der Waals surface area contributed by atoms with E-state index < -0.39 is 0 Å². The van der Waals surface area contributed by atoms with Crippen molar-refractivity contribution in [3.05, 3.63) is 81.4 Å². The summed E-state index contributed by atoms with van der Waals surface area (Å²) >= 11 is 0. The topological polar surface area (TPSA) is 90.7 Å². The molecule has 0 spiro atoms. The predicted octanol–water partition coefficient (Wildman–Crippen LogP) is 4.01. The van der Waals surface area contributed by atoms with Crippen LogP contribution in [-0.4, -0.2) is 72.3 Å². The highest BCUT2D eigenvalue weighted by Crippen LogP contribution is 2.19. The Kier molecular flexibility index (Phi) is 8.73. The Morgan fingerprint density at radius 1 is 0.579 bits per heavy atom. The fraction of sp³-hybridized carbons (Fsp3) is 0.400. The number of fused-ring (bicyclic) bond motifs is 2. The summed E-state index contributed by atoms with van der Waals surface area (Å²) < 4.78 is 11.8. The Bertz CT molecular complexity index is 1340. The Morgan fingerprint density at radius 2 is 1.00 bits per heavy atom. The molecule has 200 valence electrons. The largest absolute Gasteiger partial charge is 0.494 e. The van der Waals surface area contributed by atoms with Gasteiger partial charge in [-0.1, -0.05) is 0 Å². The second kappa shape index (κ2) is 12.8. The molecule has 2 N–H and O–H groups in total. The first kappa shape index (κ1) is 26.0. The standard InChI is InChI=1S/C30H36N4O4/c35-29-11-7-23-5-9-25(21-27(23)31-29)37-19-3-1-13-33-15-17-34(18-16-33)14-2-4-20-38-26-10-6-24-8-12-30(36)32-28(24)22-26/h5-12,21-22H,1-4,13-20H2,(H,31,35)(H,32,36). The zero-order valence-corrected chi connectivity index (χ0v) is 21.8. The number of pyridine rings is 2. The van der Waals surface area contributed by atoms with Crippen molar-refractivity contribution in [2.24, 2.45) is 0 Å². The van der Waals surface area contributed by atoms with Gasteiger partial charge in [0.2, 0.25) is 11.1 Å². The third kappa shape index (κ3) is 7.24. The van der Waals surface area contributed by atoms with E-state index in [1.54, 1.807) is 0 Å². The van der Waals surface area contributed by atoms with Crippen LogP contribution in [0.5, 0.6) is 11.5 Å². The minimum Gasteiger partial charge on any atom is -0.494 e. The molecule has 1 aliphatic heterocycles. The molecule has 8 heteroatoms. The van der Waals surface area contributed by atoms with Crippen LogP contribution in [0, 0.1) is 0 Å². The van der Waals surface area contributed by atoms with Crippen LogP contribution >= 0.6 is 0 Å². The molecule has 3 heterocycles. The predicted molar refractivity (Wildman–Crippen MR) is 151 cm³/mol. The van der Waals surface area contributed by atoms with Gasteiger partial charge in [-0.15, -0.1) is 0 Å². The minimum atomic E-state index is -0.0962. The maximum Gasteiger partial charge on any atom is 0.248 e. The number of H-pyrrole nitrogens is 2. The number of benzene rings is 2. The third-order valence-corrected chi connectivity index (χ3v) is 7.13. The van der Waals surface area contributed by atoms with E-state index >= 15 is 0 Å². The molecule has 1 fully saturated rings. The molecule has 8 nitrogen and oxygen atoms in total. The molecular formula is C30H36N4O4. The summed E-state index contributed by atoms with van der Waals surface area (Å²) in [6, 6.07) is 18.4. The lowest BCUT2D eigenvalue weighted by atomic mass is 10.2. The van der Waals surface area contributed by atoms with Crippen molar-refractivity contribution >= 4 is 21.8 Å². The smallest absolute Gasteiger partial charge is 0.248 e. The summed E-state index contributed by atoms with van der Waals surface area (Å²) in [5, 5.41) is 2.01. The Hall–Kier alpha value is -3.62. The maximum atomic E-state index is 11.5. The zero-order valence-electron chi connectivity index (χ0n) is 21.8. The van der Waals surface area contributed by atoms with E-state index in [1.165, 1.54) is 12.1 Å². The van der Waals surface area contributed by atoms with Crippen LogP contribution in [-0.2, 0) is 0 Å². The van der Waals surface area contributed by atoms with Crippen molar-refractivity contribution in [2.45, 2.75) is 25.7 Å². The number of nitrogens with zero attached hydrogens (tertiary/aromatic N) is 2. The van der Waals surface area contributed by atoms with Crippen LogP contribution in [0.4, 0.5) is 0 Å². The van der Waals surface area contributed by atoms with Gasteiger partial charge in [0, 0.05) is 50.4 Å². The fourth-order valence-corrected chi connectivity index (χ4v) is 4.93. The van der Waals surface area contributed by atoms with E-state index in [0.717, 1.165) is 98.3 Å². The average molecular weight is 517 g/mol. The number of unbranched alkanes of at least 4 members (excludes halogenated alkanes) is 2. The summed E-state index contributed by atoms with van der Waals surface area (Å²) in [4.78, 5) is 33.8. The first-order valence-corrected chi connectivity index (χ1v) is 13.6. The van der Waals surface area contributed by atoms with Crippen LogP contribution < -0.4 is 20.6 Å². The lowest BCUT2D eigenvalue weighted by molar-refractivity contribution is 0.126. The summed E-state index contributed by atoms with van der Waals surface area (Å²) in [7, 11) is 0. The number of hydrogen-bond donors (Lipinski definition) is 2. The molecular weight excluding hydrogens is 480 g/mol. The van der Waals surface area contributed by atoms with E-state index in [1.807, 2.05) is 48.5 Å². The van der Waals surface area contributed by atoms with Crippen LogP contribution in [0.15, 0.2) is 70.3 Å². The van der Waals surface area contributed by atoms with Crippen molar-refractivity contribution < 1.29 is 9.47 Å². The van der Waals surface area contributed by atoms with Gasteiger partial charge in [0.05, 0.1) is 24.2 Å². The number of rotatable bonds is 12. The molecule has 38 heavy (non-hydrogen) atoms. The number of piperazine rings is 1. The van der Waals surface area contributed by atoms with Gasteiger partial charge >= 0.3 is 0 Å². The molecule has 0 aliphatic carbocycles. The zero-order chi connectivity index (χ0) is 26.2. The number of aromatic amines is 2. The van der Waals surface area contributed by atoms with Crippen LogP contribution in [0.25, 0.3) is 21.8 Å². The van der Waals surface area contributed by atoms with Crippen molar-refractivity contribution in [1.82, 2.24) is 19.8 Å². The molecule has 0 atom stereocenters.